The van der Waals surface area contributed by atoms with E-state index < -0.39 is 17.5 Å². The third kappa shape index (κ3) is 6.81. The minimum atomic E-state index is -0.958. The number of amides is 3. The van der Waals surface area contributed by atoms with Crippen LogP contribution in [-0.2, 0) is 16.8 Å². The first-order chi connectivity index (χ1) is 18.8. The number of carbonyl (C=O) groups excluding carboxylic acids is 2. The van der Waals surface area contributed by atoms with E-state index in [9.17, 15) is 14.4 Å². The number of aliphatic carboxylic acids is 1. The SMILES string of the molecule is CCc1cccc(C(NC(N)=O)(c2ccc(C(=O)NCCC(=O)O)cc2)C2CCC(C3CCCCC3)CC2)c1. The van der Waals surface area contributed by atoms with Crippen LogP contribution in [0, 0.1) is 17.8 Å². The molecule has 3 amide bonds. The lowest BCUT2D eigenvalue weighted by molar-refractivity contribution is -0.136. The Morgan fingerprint density at radius 2 is 1.56 bits per heavy atom. The minimum absolute atomic E-state index is 0.0666. The molecule has 0 aromatic heterocycles. The summed E-state index contributed by atoms with van der Waals surface area (Å²) in [4.78, 5) is 36.0. The average molecular weight is 534 g/mol. The monoisotopic (exact) mass is 533 g/mol. The predicted octanol–water partition coefficient (Wildman–Crippen LogP) is 5.75. The molecule has 2 fully saturated rings. The molecular weight excluding hydrogens is 490 g/mol. The molecule has 2 aliphatic carbocycles. The molecule has 7 nitrogen and oxygen atoms in total. The van der Waals surface area contributed by atoms with Crippen LogP contribution >= 0.6 is 0 Å². The van der Waals surface area contributed by atoms with E-state index in [1.807, 2.05) is 18.2 Å². The van der Waals surface area contributed by atoms with Crippen LogP contribution in [0.4, 0.5) is 4.79 Å². The maximum Gasteiger partial charge on any atom is 0.313 e. The van der Waals surface area contributed by atoms with Gasteiger partial charge in [-0.3, -0.25) is 9.59 Å². The first-order valence-corrected chi connectivity index (χ1v) is 14.6. The molecule has 0 spiro atoms. The van der Waals surface area contributed by atoms with Gasteiger partial charge in [-0.15, -0.1) is 0 Å². The number of hydrogen-bond donors (Lipinski definition) is 4. The largest absolute Gasteiger partial charge is 0.481 e. The summed E-state index contributed by atoms with van der Waals surface area (Å²) in [7, 11) is 0. The number of aryl methyl sites for hydroxylation is 1. The van der Waals surface area contributed by atoms with Gasteiger partial charge in [0.2, 0.25) is 0 Å². The number of nitrogens with one attached hydrogen (secondary N) is 2. The molecule has 1 unspecified atom stereocenters. The summed E-state index contributed by atoms with van der Waals surface area (Å²) in [5.74, 6) is 0.442. The van der Waals surface area contributed by atoms with Crippen molar-refractivity contribution in [2.45, 2.75) is 83.1 Å². The molecule has 4 rings (SSSR count). The number of nitrogens with two attached hydrogens (primary N) is 1. The molecule has 0 aliphatic heterocycles. The van der Waals surface area contributed by atoms with E-state index in [0.29, 0.717) is 5.56 Å². The van der Waals surface area contributed by atoms with Crippen LogP contribution < -0.4 is 16.4 Å². The molecule has 2 aliphatic rings. The van der Waals surface area contributed by atoms with Gasteiger partial charge in [-0.2, -0.15) is 0 Å². The molecule has 2 aromatic carbocycles. The second kappa shape index (κ2) is 13.1. The highest BCUT2D eigenvalue weighted by atomic mass is 16.4. The third-order valence-corrected chi connectivity index (χ3v) is 9.04. The molecule has 1 atom stereocenters. The number of primary amides is 1. The summed E-state index contributed by atoms with van der Waals surface area (Å²) in [5.41, 5.74) is 8.61. The van der Waals surface area contributed by atoms with E-state index in [1.165, 1.54) is 37.7 Å². The highest BCUT2D eigenvalue weighted by Gasteiger charge is 2.45. The number of carboxylic acids is 1. The topological polar surface area (TPSA) is 122 Å². The lowest BCUT2D eigenvalue weighted by Gasteiger charge is -2.46. The number of rotatable bonds is 10. The number of urea groups is 1. The maximum absolute atomic E-state index is 12.6. The highest BCUT2D eigenvalue weighted by molar-refractivity contribution is 5.94. The lowest BCUT2D eigenvalue weighted by atomic mass is 9.63. The Bertz CT molecular complexity index is 1130. The van der Waals surface area contributed by atoms with Crippen molar-refractivity contribution in [3.8, 4) is 0 Å². The van der Waals surface area contributed by atoms with E-state index in [4.69, 9.17) is 10.8 Å². The standard InChI is InChI=1S/C32H43N3O4/c1-2-22-7-6-10-28(21-22)32(35-31(33)39,26-15-11-24(12-16-26)23-8-4-3-5-9-23)27-17-13-25(14-18-27)30(38)34-20-19-29(36)37/h6-7,10,13-14,17-18,21,23-24,26H,2-5,8-9,11-12,15-16,19-20H2,1H3,(H,34,38)(H,36,37)(H3,33,35,39). The first kappa shape index (κ1) is 28.7. The van der Waals surface area contributed by atoms with Gasteiger partial charge < -0.3 is 21.5 Å². The van der Waals surface area contributed by atoms with Crippen LogP contribution in [-0.4, -0.2) is 29.6 Å². The van der Waals surface area contributed by atoms with Gasteiger partial charge in [0, 0.05) is 12.1 Å². The second-order valence-electron chi connectivity index (χ2n) is 11.3. The summed E-state index contributed by atoms with van der Waals surface area (Å²) < 4.78 is 0. The van der Waals surface area contributed by atoms with Crippen molar-refractivity contribution in [1.82, 2.24) is 10.6 Å². The fourth-order valence-electron chi connectivity index (χ4n) is 7.01. The van der Waals surface area contributed by atoms with Crippen molar-refractivity contribution in [2.75, 3.05) is 6.54 Å². The van der Waals surface area contributed by atoms with Crippen molar-refractivity contribution in [2.24, 2.45) is 23.5 Å². The molecule has 5 N–H and O–H groups in total. The molecule has 0 radical (unpaired) electrons. The number of carboxylic acid groups (broad SMARTS) is 1. The lowest BCUT2D eigenvalue weighted by Crippen LogP contribution is -2.54. The summed E-state index contributed by atoms with van der Waals surface area (Å²) >= 11 is 0. The van der Waals surface area contributed by atoms with E-state index in [0.717, 1.165) is 55.1 Å². The van der Waals surface area contributed by atoms with Gasteiger partial charge in [0.25, 0.3) is 5.91 Å². The second-order valence-corrected chi connectivity index (χ2v) is 11.3. The van der Waals surface area contributed by atoms with Crippen molar-refractivity contribution in [1.29, 1.82) is 0 Å². The van der Waals surface area contributed by atoms with E-state index in [2.05, 4.69) is 35.8 Å². The smallest absolute Gasteiger partial charge is 0.313 e. The normalized spacial score (nSPS) is 21.5. The first-order valence-electron chi connectivity index (χ1n) is 14.6. The number of benzene rings is 2. The van der Waals surface area contributed by atoms with Gasteiger partial charge in [-0.05, 0) is 78.7 Å². The van der Waals surface area contributed by atoms with Gasteiger partial charge >= 0.3 is 12.0 Å². The third-order valence-electron chi connectivity index (χ3n) is 9.04. The average Bonchev–Trinajstić information content (AvgIpc) is 2.96. The van der Waals surface area contributed by atoms with E-state index in [-0.39, 0.29) is 24.8 Å². The zero-order valence-electron chi connectivity index (χ0n) is 23.1. The quantitative estimate of drug-likeness (QED) is 0.310. The summed E-state index contributed by atoms with van der Waals surface area (Å²) in [6.45, 7) is 2.19. The van der Waals surface area contributed by atoms with Crippen molar-refractivity contribution >= 4 is 17.9 Å². The van der Waals surface area contributed by atoms with Crippen LogP contribution in [0.15, 0.2) is 48.5 Å². The maximum atomic E-state index is 12.6. The van der Waals surface area contributed by atoms with Gasteiger partial charge in [-0.25, -0.2) is 4.79 Å². The van der Waals surface area contributed by atoms with E-state index >= 15 is 0 Å². The van der Waals surface area contributed by atoms with Crippen LogP contribution in [0.25, 0.3) is 0 Å². The highest BCUT2D eigenvalue weighted by Crippen LogP contribution is 2.48. The molecule has 39 heavy (non-hydrogen) atoms. The number of hydrogen-bond acceptors (Lipinski definition) is 3. The zero-order valence-corrected chi connectivity index (χ0v) is 23.1. The van der Waals surface area contributed by atoms with Gasteiger partial charge in [-0.1, -0.05) is 75.4 Å². The van der Waals surface area contributed by atoms with Crippen molar-refractivity contribution in [3.63, 3.8) is 0 Å². The van der Waals surface area contributed by atoms with Gasteiger partial charge in [0.05, 0.1) is 12.0 Å². The Morgan fingerprint density at radius 3 is 2.18 bits per heavy atom. The van der Waals surface area contributed by atoms with Crippen LogP contribution in [0.3, 0.4) is 0 Å². The Morgan fingerprint density at radius 1 is 0.897 bits per heavy atom. The molecule has 7 heteroatoms. The molecule has 0 saturated heterocycles. The summed E-state index contributed by atoms with van der Waals surface area (Å²) in [6.07, 6.45) is 11.8. The van der Waals surface area contributed by atoms with Gasteiger partial charge in [0.1, 0.15) is 0 Å². The van der Waals surface area contributed by atoms with Crippen molar-refractivity contribution < 1.29 is 19.5 Å². The fraction of sp³-hybridized carbons (Fsp3) is 0.531. The Balaban J connectivity index is 1.67. The molecule has 210 valence electrons. The molecule has 0 bridgehead atoms. The minimum Gasteiger partial charge on any atom is -0.481 e. The van der Waals surface area contributed by atoms with Crippen LogP contribution in [0.1, 0.15) is 98.2 Å². The van der Waals surface area contributed by atoms with Gasteiger partial charge in [0.15, 0.2) is 0 Å². The van der Waals surface area contributed by atoms with Crippen LogP contribution in [0.2, 0.25) is 0 Å². The molecule has 2 aromatic rings. The molecule has 2 saturated carbocycles. The summed E-state index contributed by atoms with van der Waals surface area (Å²) in [5, 5.41) is 14.7. The van der Waals surface area contributed by atoms with Crippen LogP contribution in [0.5, 0.6) is 0 Å². The molecular formula is C32H43N3O4. The predicted molar refractivity (Wildman–Crippen MR) is 152 cm³/mol. The molecule has 0 heterocycles. The van der Waals surface area contributed by atoms with E-state index in [1.54, 1.807) is 12.1 Å². The Kier molecular flexibility index (Phi) is 9.65. The fourth-order valence-corrected chi connectivity index (χ4v) is 7.01. The summed E-state index contributed by atoms with van der Waals surface area (Å²) in [6, 6.07) is 15.2. The number of carbonyl (C=O) groups is 3. The van der Waals surface area contributed by atoms with Crippen molar-refractivity contribution in [3.05, 3.63) is 70.8 Å². The zero-order chi connectivity index (χ0) is 27.8. The Labute approximate surface area is 231 Å². The Hall–Kier alpha value is -3.35.